The van der Waals surface area contributed by atoms with Gasteiger partial charge in [-0.25, -0.2) is 4.39 Å². The Hall–Kier alpha value is -1.76. The molecule has 0 atom stereocenters. The van der Waals surface area contributed by atoms with Crippen molar-refractivity contribution in [3.8, 4) is 0 Å². The second kappa shape index (κ2) is 5.32. The number of nitrogens with two attached hydrogens (primary N) is 1. The summed E-state index contributed by atoms with van der Waals surface area (Å²) in [7, 11) is 0. The highest BCUT2D eigenvalue weighted by atomic mass is 79.9. The lowest BCUT2D eigenvalue weighted by molar-refractivity contribution is -0.137. The van der Waals surface area contributed by atoms with E-state index in [-0.39, 0.29) is 5.69 Å². The standard InChI is InChI=1S/C13H9BrF4N2/c14-9-6-8(19)2-4-11(9)20-12-3-1-7(5-10(12)15)13(16,17)18/h1-6,20H,19H2. The van der Waals surface area contributed by atoms with Crippen LogP contribution in [0.2, 0.25) is 0 Å². The van der Waals surface area contributed by atoms with Crippen LogP contribution < -0.4 is 11.1 Å². The normalized spacial score (nSPS) is 11.4. The minimum Gasteiger partial charge on any atom is -0.399 e. The smallest absolute Gasteiger partial charge is 0.399 e. The fraction of sp³-hybridized carbons (Fsp3) is 0.0769. The zero-order chi connectivity index (χ0) is 14.9. The van der Waals surface area contributed by atoms with Gasteiger partial charge in [-0.1, -0.05) is 0 Å². The van der Waals surface area contributed by atoms with Crippen LogP contribution in [-0.4, -0.2) is 0 Å². The molecule has 20 heavy (non-hydrogen) atoms. The Morgan fingerprint density at radius 1 is 1.00 bits per heavy atom. The lowest BCUT2D eigenvalue weighted by Gasteiger charge is -2.12. The molecule has 7 heteroatoms. The van der Waals surface area contributed by atoms with Gasteiger partial charge >= 0.3 is 6.18 Å². The molecule has 2 aromatic rings. The number of benzene rings is 2. The van der Waals surface area contributed by atoms with E-state index in [0.717, 1.165) is 12.1 Å². The van der Waals surface area contributed by atoms with Gasteiger partial charge in [0.25, 0.3) is 0 Å². The van der Waals surface area contributed by atoms with Crippen LogP contribution >= 0.6 is 15.9 Å². The maximum atomic E-state index is 13.7. The van der Waals surface area contributed by atoms with E-state index in [2.05, 4.69) is 21.2 Å². The molecule has 106 valence electrons. The van der Waals surface area contributed by atoms with E-state index in [1.807, 2.05) is 0 Å². The summed E-state index contributed by atoms with van der Waals surface area (Å²) in [5.41, 5.74) is 5.49. The van der Waals surface area contributed by atoms with Gasteiger partial charge in [0, 0.05) is 10.2 Å². The molecule has 0 saturated carbocycles. The van der Waals surface area contributed by atoms with Crippen molar-refractivity contribution in [3.63, 3.8) is 0 Å². The highest BCUT2D eigenvalue weighted by Gasteiger charge is 2.31. The molecule has 0 aromatic heterocycles. The van der Waals surface area contributed by atoms with Gasteiger partial charge in [-0.3, -0.25) is 0 Å². The maximum Gasteiger partial charge on any atom is 0.416 e. The Labute approximate surface area is 120 Å². The molecule has 0 radical (unpaired) electrons. The molecule has 3 N–H and O–H groups in total. The first-order valence-electron chi connectivity index (χ1n) is 5.46. The summed E-state index contributed by atoms with van der Waals surface area (Å²) in [6, 6.07) is 7.10. The van der Waals surface area contributed by atoms with Gasteiger partial charge in [0.1, 0.15) is 5.82 Å². The minimum absolute atomic E-state index is 0.0523. The number of anilines is 3. The lowest BCUT2D eigenvalue weighted by Crippen LogP contribution is -2.06. The van der Waals surface area contributed by atoms with Gasteiger partial charge in [0.2, 0.25) is 0 Å². The van der Waals surface area contributed by atoms with Gasteiger partial charge < -0.3 is 11.1 Å². The molecule has 2 aromatic carbocycles. The van der Waals surface area contributed by atoms with E-state index in [0.29, 0.717) is 21.9 Å². The van der Waals surface area contributed by atoms with Gasteiger partial charge in [0.15, 0.2) is 0 Å². The number of nitrogen functional groups attached to an aromatic ring is 1. The number of nitrogens with one attached hydrogen (secondary N) is 1. The van der Waals surface area contributed by atoms with Gasteiger partial charge in [-0.05, 0) is 52.3 Å². The van der Waals surface area contributed by atoms with Crippen LogP contribution in [0, 0.1) is 5.82 Å². The highest BCUT2D eigenvalue weighted by Crippen LogP contribution is 2.33. The molecule has 2 rings (SSSR count). The Kier molecular flexibility index (Phi) is 3.89. The Balaban J connectivity index is 2.30. The first-order chi connectivity index (χ1) is 9.27. The van der Waals surface area contributed by atoms with Crippen LogP contribution in [0.15, 0.2) is 40.9 Å². The third-order valence-corrected chi connectivity index (χ3v) is 3.21. The van der Waals surface area contributed by atoms with Gasteiger partial charge in [0.05, 0.1) is 16.9 Å². The van der Waals surface area contributed by atoms with Crippen molar-refractivity contribution >= 4 is 33.0 Å². The molecular weight excluding hydrogens is 340 g/mol. The maximum absolute atomic E-state index is 13.7. The Morgan fingerprint density at radius 3 is 2.20 bits per heavy atom. The van der Waals surface area contributed by atoms with Crippen molar-refractivity contribution in [1.82, 2.24) is 0 Å². The number of rotatable bonds is 2. The quantitative estimate of drug-likeness (QED) is 0.596. The van der Waals surface area contributed by atoms with E-state index >= 15 is 0 Å². The highest BCUT2D eigenvalue weighted by molar-refractivity contribution is 9.10. The summed E-state index contributed by atoms with van der Waals surface area (Å²) in [6.45, 7) is 0. The van der Waals surface area contributed by atoms with Crippen molar-refractivity contribution in [2.75, 3.05) is 11.1 Å². The van der Waals surface area contributed by atoms with E-state index in [4.69, 9.17) is 5.73 Å². The molecule has 0 spiro atoms. The summed E-state index contributed by atoms with van der Waals surface area (Å²) in [5, 5.41) is 2.70. The summed E-state index contributed by atoms with van der Waals surface area (Å²) >= 11 is 3.23. The predicted octanol–water partition coefficient (Wildman–Crippen LogP) is 4.93. The lowest BCUT2D eigenvalue weighted by atomic mass is 10.2. The van der Waals surface area contributed by atoms with Crippen LogP contribution in [0.5, 0.6) is 0 Å². The van der Waals surface area contributed by atoms with Crippen LogP contribution in [0.4, 0.5) is 34.6 Å². The molecule has 0 aliphatic rings. The molecule has 0 heterocycles. The molecule has 0 aliphatic heterocycles. The summed E-state index contributed by atoms with van der Waals surface area (Å²) in [6.07, 6.45) is -4.57. The summed E-state index contributed by atoms with van der Waals surface area (Å²) in [5.74, 6) is -0.983. The van der Waals surface area contributed by atoms with Crippen LogP contribution in [0.3, 0.4) is 0 Å². The fourth-order valence-electron chi connectivity index (χ4n) is 1.57. The number of alkyl halides is 3. The van der Waals surface area contributed by atoms with E-state index in [1.165, 1.54) is 0 Å². The molecule has 0 aliphatic carbocycles. The van der Waals surface area contributed by atoms with Crippen molar-refractivity contribution < 1.29 is 17.6 Å². The van der Waals surface area contributed by atoms with Crippen molar-refractivity contribution in [1.29, 1.82) is 0 Å². The monoisotopic (exact) mass is 348 g/mol. The SMILES string of the molecule is Nc1ccc(Nc2ccc(C(F)(F)F)cc2F)c(Br)c1. The van der Waals surface area contributed by atoms with Crippen molar-refractivity contribution in [2.24, 2.45) is 0 Å². The molecular formula is C13H9BrF4N2. The summed E-state index contributed by atoms with van der Waals surface area (Å²) < 4.78 is 51.5. The molecule has 2 nitrogen and oxygen atoms in total. The molecule has 0 amide bonds. The topological polar surface area (TPSA) is 38.0 Å². The van der Waals surface area contributed by atoms with E-state index < -0.39 is 17.6 Å². The largest absolute Gasteiger partial charge is 0.416 e. The average Bonchev–Trinajstić information content (AvgIpc) is 2.33. The molecule has 0 saturated heterocycles. The van der Waals surface area contributed by atoms with Crippen LogP contribution in [0.1, 0.15) is 5.56 Å². The van der Waals surface area contributed by atoms with Crippen molar-refractivity contribution in [2.45, 2.75) is 6.18 Å². The zero-order valence-electron chi connectivity index (χ0n) is 9.93. The first kappa shape index (κ1) is 14.6. The van der Waals surface area contributed by atoms with Crippen LogP contribution in [-0.2, 0) is 6.18 Å². The third kappa shape index (κ3) is 3.22. The van der Waals surface area contributed by atoms with Crippen LogP contribution in [0.25, 0.3) is 0 Å². The third-order valence-electron chi connectivity index (χ3n) is 2.56. The second-order valence-corrected chi connectivity index (χ2v) is 4.91. The second-order valence-electron chi connectivity index (χ2n) is 4.06. The first-order valence-corrected chi connectivity index (χ1v) is 6.25. The molecule has 0 bridgehead atoms. The molecule has 0 fully saturated rings. The Morgan fingerprint density at radius 2 is 1.65 bits per heavy atom. The average molecular weight is 349 g/mol. The number of hydrogen-bond acceptors (Lipinski definition) is 2. The number of hydrogen-bond donors (Lipinski definition) is 2. The van der Waals surface area contributed by atoms with Gasteiger partial charge in [-0.15, -0.1) is 0 Å². The Bertz CT molecular complexity index is 641. The fourth-order valence-corrected chi connectivity index (χ4v) is 2.07. The molecule has 0 unspecified atom stereocenters. The van der Waals surface area contributed by atoms with Gasteiger partial charge in [-0.2, -0.15) is 13.2 Å². The van der Waals surface area contributed by atoms with E-state index in [9.17, 15) is 17.6 Å². The van der Waals surface area contributed by atoms with E-state index in [1.54, 1.807) is 18.2 Å². The summed E-state index contributed by atoms with van der Waals surface area (Å²) in [4.78, 5) is 0. The minimum atomic E-state index is -4.57. The van der Waals surface area contributed by atoms with Crippen molar-refractivity contribution in [3.05, 3.63) is 52.3 Å². The number of halogens is 5. The zero-order valence-corrected chi connectivity index (χ0v) is 11.5. The predicted molar refractivity (Wildman–Crippen MR) is 73.2 cm³/mol.